The van der Waals surface area contributed by atoms with Crippen molar-refractivity contribution < 1.29 is 32.2 Å². The number of aromatic nitrogens is 3. The molecule has 0 aliphatic carbocycles. The predicted molar refractivity (Wildman–Crippen MR) is 102 cm³/mol. The van der Waals surface area contributed by atoms with Crippen LogP contribution in [-0.2, 0) is 0 Å². The van der Waals surface area contributed by atoms with Crippen LogP contribution in [-0.4, -0.2) is 37.6 Å². The minimum Gasteiger partial charge on any atom is -0.403 e. The number of aliphatic hydroxyl groups is 1. The van der Waals surface area contributed by atoms with Crippen LogP contribution >= 0.6 is 0 Å². The Morgan fingerprint density at radius 3 is 2.52 bits per heavy atom. The van der Waals surface area contributed by atoms with E-state index in [1.54, 1.807) is 13.1 Å². The minimum atomic E-state index is -5.06. The van der Waals surface area contributed by atoms with E-state index in [-0.39, 0.29) is 16.8 Å². The zero-order valence-electron chi connectivity index (χ0n) is 17.1. The fourth-order valence-corrected chi connectivity index (χ4v) is 3.03. The SMILES string of the molecule is Cc1cn2ncc(C(=O)N[C@@H](c3ccc(OC(F)(F)F)c(F)c3)C(C)(C)O)c2nc1C. The standard InChI is InChI=1S/C20H20F4N4O3/c1-10-9-28-17(26-11(10)2)13(8-25-28)18(29)27-16(19(3,4)30)12-5-6-15(14(21)7-12)31-20(22,23)24/h5-9,16,30H,1-4H3,(H,27,29)/t16-/m0/s1. The molecule has 7 nitrogen and oxygen atoms in total. The van der Waals surface area contributed by atoms with E-state index in [4.69, 9.17) is 0 Å². The van der Waals surface area contributed by atoms with E-state index in [1.807, 2.05) is 6.92 Å². The van der Waals surface area contributed by atoms with Gasteiger partial charge in [0.25, 0.3) is 5.91 Å². The van der Waals surface area contributed by atoms with Crippen molar-refractivity contribution in [2.45, 2.75) is 45.7 Å². The van der Waals surface area contributed by atoms with E-state index < -0.39 is 35.5 Å². The number of alkyl halides is 3. The van der Waals surface area contributed by atoms with Gasteiger partial charge in [-0.1, -0.05) is 6.07 Å². The van der Waals surface area contributed by atoms with Gasteiger partial charge in [-0.25, -0.2) is 13.9 Å². The molecule has 2 aromatic heterocycles. The van der Waals surface area contributed by atoms with Crippen LogP contribution in [0.2, 0.25) is 0 Å². The normalized spacial score (nSPS) is 13.3. The summed E-state index contributed by atoms with van der Waals surface area (Å²) in [6.45, 7) is 6.36. The largest absolute Gasteiger partial charge is 0.573 e. The highest BCUT2D eigenvalue weighted by Crippen LogP contribution is 2.31. The summed E-state index contributed by atoms with van der Waals surface area (Å²) in [5, 5.41) is 17.2. The monoisotopic (exact) mass is 440 g/mol. The second-order valence-electron chi connectivity index (χ2n) is 7.63. The van der Waals surface area contributed by atoms with Crippen molar-refractivity contribution in [3.63, 3.8) is 0 Å². The molecule has 2 N–H and O–H groups in total. The van der Waals surface area contributed by atoms with Crippen LogP contribution in [0.1, 0.15) is 47.1 Å². The summed E-state index contributed by atoms with van der Waals surface area (Å²) in [7, 11) is 0. The number of amides is 1. The van der Waals surface area contributed by atoms with Crippen molar-refractivity contribution in [3.8, 4) is 5.75 Å². The molecule has 0 aliphatic heterocycles. The summed E-state index contributed by atoms with van der Waals surface area (Å²) in [4.78, 5) is 17.3. The number of aryl methyl sites for hydroxylation is 2. The number of benzene rings is 1. The number of carbonyl (C=O) groups excluding carboxylic acids is 1. The number of carbonyl (C=O) groups is 1. The molecule has 0 bridgehead atoms. The molecule has 1 atom stereocenters. The highest BCUT2D eigenvalue weighted by molar-refractivity contribution is 5.99. The van der Waals surface area contributed by atoms with Crippen molar-refractivity contribution in [3.05, 3.63) is 58.8 Å². The summed E-state index contributed by atoms with van der Waals surface area (Å²) in [6, 6.07) is 1.53. The number of nitrogens with one attached hydrogen (secondary N) is 1. The van der Waals surface area contributed by atoms with Gasteiger partial charge in [-0.2, -0.15) is 5.10 Å². The first-order chi connectivity index (χ1) is 14.3. The topological polar surface area (TPSA) is 88.8 Å². The Kier molecular flexibility index (Phi) is 5.66. The third-order valence-electron chi connectivity index (χ3n) is 4.67. The van der Waals surface area contributed by atoms with E-state index in [0.717, 1.165) is 23.8 Å². The lowest BCUT2D eigenvalue weighted by Gasteiger charge is -2.30. The van der Waals surface area contributed by atoms with Crippen molar-refractivity contribution in [2.24, 2.45) is 0 Å². The maximum Gasteiger partial charge on any atom is 0.573 e. The molecule has 3 aromatic rings. The number of halogens is 4. The smallest absolute Gasteiger partial charge is 0.403 e. The minimum absolute atomic E-state index is 0.0457. The fraction of sp³-hybridized carbons (Fsp3) is 0.350. The molecule has 11 heteroatoms. The van der Waals surface area contributed by atoms with Crippen molar-refractivity contribution >= 4 is 11.6 Å². The summed E-state index contributed by atoms with van der Waals surface area (Å²) >= 11 is 0. The second-order valence-corrected chi connectivity index (χ2v) is 7.63. The van der Waals surface area contributed by atoms with Crippen LogP contribution in [0.5, 0.6) is 5.75 Å². The third kappa shape index (κ3) is 4.93. The molecule has 0 radical (unpaired) electrons. The van der Waals surface area contributed by atoms with E-state index in [0.29, 0.717) is 5.69 Å². The highest BCUT2D eigenvalue weighted by atomic mass is 19.4. The zero-order valence-corrected chi connectivity index (χ0v) is 17.1. The Morgan fingerprint density at radius 2 is 1.94 bits per heavy atom. The number of ether oxygens (including phenoxy) is 1. The Morgan fingerprint density at radius 1 is 1.26 bits per heavy atom. The molecule has 0 spiro atoms. The number of hydrogen-bond donors (Lipinski definition) is 2. The molecule has 0 saturated heterocycles. The number of rotatable bonds is 5. The van der Waals surface area contributed by atoms with E-state index in [1.165, 1.54) is 24.6 Å². The summed E-state index contributed by atoms with van der Waals surface area (Å²) in [6.07, 6.45) is -2.05. The van der Waals surface area contributed by atoms with Gasteiger partial charge in [0.15, 0.2) is 17.2 Å². The zero-order chi connectivity index (χ0) is 23.1. The van der Waals surface area contributed by atoms with Crippen LogP contribution in [0.3, 0.4) is 0 Å². The van der Waals surface area contributed by atoms with Gasteiger partial charge in [-0.3, -0.25) is 4.79 Å². The molecule has 166 valence electrons. The molecule has 3 rings (SSSR count). The Labute approximate surface area is 174 Å². The first-order valence-corrected chi connectivity index (χ1v) is 9.16. The molecule has 2 heterocycles. The number of hydrogen-bond acceptors (Lipinski definition) is 5. The molecule has 1 amide bonds. The average Bonchev–Trinajstić information content (AvgIpc) is 3.02. The predicted octanol–water partition coefficient (Wildman–Crippen LogP) is 3.63. The molecule has 31 heavy (non-hydrogen) atoms. The van der Waals surface area contributed by atoms with Gasteiger partial charge in [0, 0.05) is 11.9 Å². The third-order valence-corrected chi connectivity index (χ3v) is 4.67. The van der Waals surface area contributed by atoms with E-state index in [2.05, 4.69) is 20.1 Å². The summed E-state index contributed by atoms with van der Waals surface area (Å²) in [5.41, 5.74) is 0.434. The molecule has 0 unspecified atom stereocenters. The first-order valence-electron chi connectivity index (χ1n) is 9.16. The lowest BCUT2D eigenvalue weighted by atomic mass is 9.91. The van der Waals surface area contributed by atoms with Crippen LogP contribution in [0.15, 0.2) is 30.6 Å². The van der Waals surface area contributed by atoms with Crippen molar-refractivity contribution in [1.82, 2.24) is 19.9 Å². The van der Waals surface area contributed by atoms with Gasteiger partial charge in [0.1, 0.15) is 5.56 Å². The average molecular weight is 440 g/mol. The number of fused-ring (bicyclic) bond motifs is 1. The number of nitrogens with zero attached hydrogens (tertiary/aromatic N) is 3. The maximum atomic E-state index is 14.2. The molecule has 0 saturated carbocycles. The van der Waals surface area contributed by atoms with Gasteiger partial charge < -0.3 is 15.2 Å². The van der Waals surface area contributed by atoms with Crippen LogP contribution in [0.25, 0.3) is 5.65 Å². The second kappa shape index (κ2) is 7.80. The van der Waals surface area contributed by atoms with Gasteiger partial charge >= 0.3 is 6.36 Å². The maximum absolute atomic E-state index is 14.2. The van der Waals surface area contributed by atoms with E-state index >= 15 is 0 Å². The Bertz CT molecular complexity index is 1140. The highest BCUT2D eigenvalue weighted by Gasteiger charge is 2.34. The van der Waals surface area contributed by atoms with Crippen LogP contribution < -0.4 is 10.1 Å². The van der Waals surface area contributed by atoms with Gasteiger partial charge in [-0.05, 0) is 51.0 Å². The summed E-state index contributed by atoms with van der Waals surface area (Å²) in [5.74, 6) is -2.95. The lowest BCUT2D eigenvalue weighted by Crippen LogP contribution is -2.42. The Balaban J connectivity index is 1.94. The molecule has 1 aromatic carbocycles. The van der Waals surface area contributed by atoms with Crippen molar-refractivity contribution in [2.75, 3.05) is 0 Å². The van der Waals surface area contributed by atoms with Crippen molar-refractivity contribution in [1.29, 1.82) is 0 Å². The first kappa shape index (κ1) is 22.5. The van der Waals surface area contributed by atoms with Gasteiger partial charge in [-0.15, -0.1) is 13.2 Å². The molecule has 0 aliphatic rings. The van der Waals surface area contributed by atoms with Crippen LogP contribution in [0, 0.1) is 19.7 Å². The van der Waals surface area contributed by atoms with Crippen LogP contribution in [0.4, 0.5) is 17.6 Å². The Hall–Kier alpha value is -3.21. The lowest BCUT2D eigenvalue weighted by molar-refractivity contribution is -0.275. The van der Waals surface area contributed by atoms with Gasteiger partial charge in [0.2, 0.25) is 0 Å². The molecular formula is C20H20F4N4O3. The molecular weight excluding hydrogens is 420 g/mol. The summed E-state index contributed by atoms with van der Waals surface area (Å²) < 4.78 is 56.4. The van der Waals surface area contributed by atoms with Gasteiger partial charge in [0.05, 0.1) is 17.8 Å². The fourth-order valence-electron chi connectivity index (χ4n) is 3.03. The quantitative estimate of drug-likeness (QED) is 0.592. The molecule has 0 fully saturated rings. The van der Waals surface area contributed by atoms with E-state index in [9.17, 15) is 27.5 Å².